The van der Waals surface area contributed by atoms with Crippen LogP contribution in [0.15, 0.2) is 12.1 Å². The van der Waals surface area contributed by atoms with Crippen LogP contribution in [-0.2, 0) is 11.2 Å². The summed E-state index contributed by atoms with van der Waals surface area (Å²) in [5.41, 5.74) is 0.942. The number of halogens is 1. The van der Waals surface area contributed by atoms with Crippen molar-refractivity contribution in [3.63, 3.8) is 0 Å². The van der Waals surface area contributed by atoms with E-state index >= 15 is 0 Å². The number of aliphatic hydroxyl groups excluding tert-OH is 1. The maximum atomic E-state index is 12.0. The van der Waals surface area contributed by atoms with E-state index in [9.17, 15) is 9.59 Å². The molecule has 20 heavy (non-hydrogen) atoms. The normalized spacial score (nSPS) is 11.9. The van der Waals surface area contributed by atoms with E-state index in [0.717, 1.165) is 6.42 Å². The molecule has 0 saturated carbocycles. The first-order valence-electron chi connectivity index (χ1n) is 6.29. The van der Waals surface area contributed by atoms with Gasteiger partial charge in [-0.1, -0.05) is 24.9 Å². The Balaban J connectivity index is 2.88. The maximum Gasteiger partial charge on any atom is 0.326 e. The topological polar surface area (TPSA) is 99.5 Å². The van der Waals surface area contributed by atoms with Crippen LogP contribution in [-0.4, -0.2) is 39.7 Å². The number of aliphatic carboxylic acids is 1. The van der Waals surface area contributed by atoms with Crippen molar-refractivity contribution in [2.75, 3.05) is 6.61 Å². The standard InChI is InChI=1S/C13H17ClN2O4/c1-2-3-9-6-8(7-11(14)15-9)12(18)16-10(4-5-17)13(19)20/h6-7,10,17H,2-5H2,1H3,(H,16,18)(H,19,20). The molecule has 0 aliphatic rings. The van der Waals surface area contributed by atoms with Crippen molar-refractivity contribution in [2.24, 2.45) is 0 Å². The number of hydrogen-bond donors (Lipinski definition) is 3. The minimum atomic E-state index is -1.19. The van der Waals surface area contributed by atoms with Crippen LogP contribution in [0.25, 0.3) is 0 Å². The van der Waals surface area contributed by atoms with Gasteiger partial charge >= 0.3 is 5.97 Å². The largest absolute Gasteiger partial charge is 0.480 e. The van der Waals surface area contributed by atoms with Gasteiger partial charge in [-0.2, -0.15) is 0 Å². The smallest absolute Gasteiger partial charge is 0.326 e. The van der Waals surface area contributed by atoms with Crippen molar-refractivity contribution in [3.05, 3.63) is 28.5 Å². The summed E-state index contributed by atoms with van der Waals surface area (Å²) >= 11 is 5.84. The zero-order valence-corrected chi connectivity index (χ0v) is 11.9. The lowest BCUT2D eigenvalue weighted by Gasteiger charge is -2.13. The van der Waals surface area contributed by atoms with Gasteiger partial charge in [-0.05, 0) is 18.6 Å². The highest BCUT2D eigenvalue weighted by Gasteiger charge is 2.20. The number of amides is 1. The molecule has 1 atom stereocenters. The Morgan fingerprint density at radius 2 is 2.15 bits per heavy atom. The molecular weight excluding hydrogens is 284 g/mol. The molecule has 0 radical (unpaired) electrons. The van der Waals surface area contributed by atoms with Gasteiger partial charge in [0.15, 0.2) is 0 Å². The fourth-order valence-corrected chi connectivity index (χ4v) is 1.92. The molecule has 7 heteroatoms. The minimum Gasteiger partial charge on any atom is -0.480 e. The Labute approximate surface area is 121 Å². The van der Waals surface area contributed by atoms with E-state index in [1.807, 2.05) is 6.92 Å². The third-order valence-electron chi connectivity index (χ3n) is 2.64. The molecule has 0 aliphatic heterocycles. The lowest BCUT2D eigenvalue weighted by molar-refractivity contribution is -0.139. The van der Waals surface area contributed by atoms with Crippen LogP contribution < -0.4 is 5.32 Å². The van der Waals surface area contributed by atoms with Gasteiger partial charge < -0.3 is 15.5 Å². The quantitative estimate of drug-likeness (QED) is 0.658. The molecule has 1 aromatic rings. The predicted molar refractivity (Wildman–Crippen MR) is 73.8 cm³/mol. The van der Waals surface area contributed by atoms with Crippen molar-refractivity contribution < 1.29 is 19.8 Å². The van der Waals surface area contributed by atoms with E-state index in [0.29, 0.717) is 12.1 Å². The molecule has 3 N–H and O–H groups in total. The summed E-state index contributed by atoms with van der Waals surface area (Å²) in [5, 5.41) is 20.2. The molecule has 1 rings (SSSR count). The molecule has 0 aliphatic carbocycles. The Morgan fingerprint density at radius 3 is 2.70 bits per heavy atom. The van der Waals surface area contributed by atoms with Crippen LogP contribution in [0.1, 0.15) is 35.8 Å². The fraction of sp³-hybridized carbons (Fsp3) is 0.462. The predicted octanol–water partition coefficient (Wildman–Crippen LogP) is 1.25. The number of aliphatic hydroxyl groups is 1. The van der Waals surface area contributed by atoms with Crippen LogP contribution >= 0.6 is 11.6 Å². The number of carbonyl (C=O) groups excluding carboxylic acids is 1. The Kier molecular flexibility index (Phi) is 6.41. The third-order valence-corrected chi connectivity index (χ3v) is 2.83. The molecule has 1 amide bonds. The lowest BCUT2D eigenvalue weighted by Crippen LogP contribution is -2.41. The number of aromatic nitrogens is 1. The average Bonchev–Trinajstić information content (AvgIpc) is 2.37. The zero-order valence-electron chi connectivity index (χ0n) is 11.1. The summed E-state index contributed by atoms with van der Waals surface area (Å²) in [6.07, 6.45) is 1.48. The molecule has 6 nitrogen and oxygen atoms in total. The van der Waals surface area contributed by atoms with Crippen molar-refractivity contribution in [1.82, 2.24) is 10.3 Å². The first kappa shape index (κ1) is 16.4. The highest BCUT2D eigenvalue weighted by molar-refractivity contribution is 6.29. The summed E-state index contributed by atoms with van der Waals surface area (Å²) in [7, 11) is 0. The van der Waals surface area contributed by atoms with E-state index in [1.54, 1.807) is 6.07 Å². The molecule has 110 valence electrons. The van der Waals surface area contributed by atoms with Gasteiger partial charge in [-0.25, -0.2) is 9.78 Å². The van der Waals surface area contributed by atoms with Crippen LogP contribution in [0.2, 0.25) is 5.15 Å². The highest BCUT2D eigenvalue weighted by Crippen LogP contribution is 2.12. The first-order valence-corrected chi connectivity index (χ1v) is 6.66. The van der Waals surface area contributed by atoms with E-state index in [2.05, 4.69) is 10.3 Å². The number of carboxylic acid groups (broad SMARTS) is 1. The van der Waals surface area contributed by atoms with E-state index in [1.165, 1.54) is 6.07 Å². The number of hydrogen-bond acceptors (Lipinski definition) is 4. The monoisotopic (exact) mass is 300 g/mol. The number of aryl methyl sites for hydroxylation is 1. The molecule has 0 saturated heterocycles. The summed E-state index contributed by atoms with van der Waals surface area (Å²) in [5.74, 6) is -1.74. The summed E-state index contributed by atoms with van der Waals surface area (Å²) in [6, 6.07) is 1.84. The van der Waals surface area contributed by atoms with Gasteiger partial charge in [0.05, 0.1) is 0 Å². The fourth-order valence-electron chi connectivity index (χ4n) is 1.69. The second-order valence-corrected chi connectivity index (χ2v) is 4.68. The number of carbonyl (C=O) groups is 2. The second kappa shape index (κ2) is 7.81. The number of carboxylic acids is 1. The molecule has 0 spiro atoms. The van der Waals surface area contributed by atoms with Gasteiger partial charge in [0.1, 0.15) is 11.2 Å². The van der Waals surface area contributed by atoms with Crippen LogP contribution in [0.4, 0.5) is 0 Å². The van der Waals surface area contributed by atoms with Crippen LogP contribution in [0.5, 0.6) is 0 Å². The zero-order chi connectivity index (χ0) is 15.1. The SMILES string of the molecule is CCCc1cc(C(=O)NC(CCO)C(=O)O)cc(Cl)n1. The van der Waals surface area contributed by atoms with Crippen LogP contribution in [0, 0.1) is 0 Å². The summed E-state index contributed by atoms with van der Waals surface area (Å²) < 4.78 is 0. The molecule has 0 bridgehead atoms. The molecular formula is C13H17ClN2O4. The molecule has 1 unspecified atom stereocenters. The van der Waals surface area contributed by atoms with Crippen molar-refractivity contribution in [2.45, 2.75) is 32.2 Å². The molecule has 0 fully saturated rings. The Morgan fingerprint density at radius 1 is 1.45 bits per heavy atom. The lowest BCUT2D eigenvalue weighted by atomic mass is 10.1. The third kappa shape index (κ3) is 4.79. The van der Waals surface area contributed by atoms with Gasteiger partial charge in [-0.15, -0.1) is 0 Å². The maximum absolute atomic E-state index is 12.0. The first-order chi connectivity index (χ1) is 9.47. The number of nitrogens with one attached hydrogen (secondary N) is 1. The molecule has 1 heterocycles. The summed E-state index contributed by atoms with van der Waals surface area (Å²) in [6.45, 7) is 1.65. The van der Waals surface area contributed by atoms with Gasteiger partial charge in [0.2, 0.25) is 0 Å². The van der Waals surface area contributed by atoms with Gasteiger partial charge in [0, 0.05) is 24.3 Å². The summed E-state index contributed by atoms with van der Waals surface area (Å²) in [4.78, 5) is 27.0. The van der Waals surface area contributed by atoms with Crippen molar-refractivity contribution >= 4 is 23.5 Å². The average molecular weight is 301 g/mol. The minimum absolute atomic E-state index is 0.0539. The number of rotatable bonds is 7. The number of pyridine rings is 1. The Bertz CT molecular complexity index is 493. The van der Waals surface area contributed by atoms with Crippen LogP contribution in [0.3, 0.4) is 0 Å². The van der Waals surface area contributed by atoms with Crippen molar-refractivity contribution in [1.29, 1.82) is 0 Å². The Hall–Kier alpha value is -1.66. The van der Waals surface area contributed by atoms with E-state index < -0.39 is 17.9 Å². The second-order valence-electron chi connectivity index (χ2n) is 4.30. The van der Waals surface area contributed by atoms with E-state index in [4.69, 9.17) is 21.8 Å². The van der Waals surface area contributed by atoms with Gasteiger partial charge in [-0.3, -0.25) is 4.79 Å². The number of nitrogens with zero attached hydrogens (tertiary/aromatic N) is 1. The van der Waals surface area contributed by atoms with E-state index in [-0.39, 0.29) is 23.7 Å². The molecule has 0 aromatic carbocycles. The van der Waals surface area contributed by atoms with Crippen molar-refractivity contribution in [3.8, 4) is 0 Å². The molecule has 1 aromatic heterocycles. The highest BCUT2D eigenvalue weighted by atomic mass is 35.5. The van der Waals surface area contributed by atoms with Gasteiger partial charge in [0.25, 0.3) is 5.91 Å².